The number of rotatable bonds is 4. The fourth-order valence-electron chi connectivity index (χ4n) is 2.05. The summed E-state index contributed by atoms with van der Waals surface area (Å²) >= 11 is 0. The molecule has 0 atom stereocenters. The summed E-state index contributed by atoms with van der Waals surface area (Å²) in [5, 5.41) is 2.27. The second-order valence-corrected chi connectivity index (χ2v) is 6.57. The monoisotopic (exact) mass is 361 g/mol. The topological polar surface area (TPSA) is 72.3 Å². The van der Waals surface area contributed by atoms with Gasteiger partial charge >= 0.3 is 6.03 Å². The third-order valence-corrected chi connectivity index (χ3v) is 5.01. The first-order valence-electron chi connectivity index (χ1n) is 6.97. The first-order chi connectivity index (χ1) is 11.2. The third kappa shape index (κ3) is 3.01. The van der Waals surface area contributed by atoms with Crippen molar-refractivity contribution in [3.8, 4) is 0 Å². The van der Waals surface area contributed by atoms with Gasteiger partial charge in [-0.2, -0.15) is 4.68 Å². The van der Waals surface area contributed by atoms with Crippen LogP contribution in [0.15, 0.2) is 34.3 Å². The molecule has 2 aromatic rings. The van der Waals surface area contributed by atoms with Gasteiger partial charge in [0.15, 0.2) is 17.5 Å². The first kappa shape index (κ1) is 18.0. The van der Waals surface area contributed by atoms with E-state index in [-0.39, 0.29) is 0 Å². The van der Waals surface area contributed by atoms with Crippen molar-refractivity contribution in [2.45, 2.75) is 23.8 Å². The second kappa shape index (κ2) is 6.63. The lowest BCUT2D eigenvalue weighted by atomic mass is 10.3. The highest BCUT2D eigenvalue weighted by Crippen LogP contribution is 2.25. The standard InChI is InChI=1S/C14H14F3N3O3S/c1-3-19(4-2)14(21)20-8-10(16)13(18-20)24(22,23)11-7-5-6-9(15)12(11)17/h5-8H,3-4H2,1-2H3. The van der Waals surface area contributed by atoms with Crippen molar-refractivity contribution < 1.29 is 26.4 Å². The number of benzene rings is 1. The van der Waals surface area contributed by atoms with E-state index >= 15 is 0 Å². The van der Waals surface area contributed by atoms with E-state index in [0.29, 0.717) is 24.0 Å². The predicted octanol–water partition coefficient (Wildman–Crippen LogP) is 2.44. The number of carbonyl (C=O) groups excluding carboxylic acids is 1. The minimum absolute atomic E-state index is 0.303. The zero-order chi connectivity index (χ0) is 18.1. The first-order valence-corrected chi connectivity index (χ1v) is 8.45. The summed E-state index contributed by atoms with van der Waals surface area (Å²) in [7, 11) is -4.77. The van der Waals surface area contributed by atoms with E-state index in [4.69, 9.17) is 0 Å². The Hall–Kier alpha value is -2.36. The lowest BCUT2D eigenvalue weighted by Gasteiger charge is -2.17. The van der Waals surface area contributed by atoms with E-state index in [1.165, 1.54) is 4.90 Å². The van der Waals surface area contributed by atoms with Gasteiger partial charge in [0.05, 0.1) is 6.20 Å². The molecule has 1 aromatic carbocycles. The molecule has 0 N–H and O–H groups in total. The van der Waals surface area contributed by atoms with Gasteiger partial charge in [0, 0.05) is 13.1 Å². The fourth-order valence-corrected chi connectivity index (χ4v) is 3.36. The van der Waals surface area contributed by atoms with E-state index in [2.05, 4.69) is 5.10 Å². The zero-order valence-corrected chi connectivity index (χ0v) is 13.6. The molecular weight excluding hydrogens is 347 g/mol. The molecule has 0 aliphatic rings. The van der Waals surface area contributed by atoms with Crippen molar-refractivity contribution in [2.75, 3.05) is 13.1 Å². The number of hydrogen-bond acceptors (Lipinski definition) is 4. The molecule has 24 heavy (non-hydrogen) atoms. The second-order valence-electron chi connectivity index (χ2n) is 4.74. The zero-order valence-electron chi connectivity index (χ0n) is 12.8. The largest absolute Gasteiger partial charge is 0.344 e. The number of hydrogen-bond donors (Lipinski definition) is 0. The molecule has 0 spiro atoms. The highest BCUT2D eigenvalue weighted by molar-refractivity contribution is 7.91. The van der Waals surface area contributed by atoms with Crippen molar-refractivity contribution in [3.05, 3.63) is 41.8 Å². The van der Waals surface area contributed by atoms with Gasteiger partial charge in [-0.3, -0.25) is 0 Å². The molecule has 0 saturated carbocycles. The van der Waals surface area contributed by atoms with Gasteiger partial charge in [0.1, 0.15) is 4.90 Å². The summed E-state index contributed by atoms with van der Waals surface area (Å²) in [6, 6.07) is 1.76. The molecule has 1 aromatic heterocycles. The summed E-state index contributed by atoms with van der Waals surface area (Å²) in [5.74, 6) is -4.36. The molecule has 6 nitrogen and oxygen atoms in total. The molecule has 10 heteroatoms. The van der Waals surface area contributed by atoms with Gasteiger partial charge in [0.25, 0.3) is 0 Å². The van der Waals surface area contributed by atoms with Crippen molar-refractivity contribution in [1.82, 2.24) is 14.7 Å². The smallest absolute Gasteiger partial charge is 0.323 e. The quantitative estimate of drug-likeness (QED) is 0.839. The van der Waals surface area contributed by atoms with E-state index < -0.39 is 43.2 Å². The summed E-state index contributed by atoms with van der Waals surface area (Å²) in [6.45, 7) is 3.97. The lowest BCUT2D eigenvalue weighted by Crippen LogP contribution is -2.34. The summed E-state index contributed by atoms with van der Waals surface area (Å²) in [4.78, 5) is 12.3. The highest BCUT2D eigenvalue weighted by atomic mass is 32.2. The van der Waals surface area contributed by atoms with E-state index in [1.54, 1.807) is 13.8 Å². The summed E-state index contributed by atoms with van der Waals surface area (Å²) in [5.41, 5.74) is 0. The van der Waals surface area contributed by atoms with Gasteiger partial charge in [-0.15, -0.1) is 5.10 Å². The van der Waals surface area contributed by atoms with Crippen LogP contribution >= 0.6 is 0 Å². The fraction of sp³-hybridized carbons (Fsp3) is 0.286. The van der Waals surface area contributed by atoms with Crippen LogP contribution < -0.4 is 0 Å². The number of nitrogens with zero attached hydrogens (tertiary/aromatic N) is 3. The van der Waals surface area contributed by atoms with Gasteiger partial charge in [-0.25, -0.2) is 26.4 Å². The normalized spacial score (nSPS) is 11.5. The summed E-state index contributed by atoms with van der Waals surface area (Å²) < 4.78 is 66.1. The Balaban J connectivity index is 2.53. The van der Waals surface area contributed by atoms with Crippen LogP contribution in [-0.4, -0.2) is 42.2 Å². The van der Waals surface area contributed by atoms with E-state index in [9.17, 15) is 26.4 Å². The Labute approximate surface area is 136 Å². The Bertz CT molecular complexity index is 877. The lowest BCUT2D eigenvalue weighted by molar-refractivity contribution is 0.201. The summed E-state index contributed by atoms with van der Waals surface area (Å²) in [6.07, 6.45) is 0.588. The molecule has 0 unspecified atom stereocenters. The van der Waals surface area contributed by atoms with Gasteiger partial charge in [-0.1, -0.05) is 6.07 Å². The van der Waals surface area contributed by atoms with Crippen molar-refractivity contribution in [1.29, 1.82) is 0 Å². The molecule has 0 bridgehead atoms. The molecule has 2 rings (SSSR count). The van der Waals surface area contributed by atoms with E-state index in [0.717, 1.165) is 18.2 Å². The maximum atomic E-state index is 14.0. The number of aromatic nitrogens is 2. The average Bonchev–Trinajstić information content (AvgIpc) is 2.93. The number of halogens is 3. The molecule has 0 fully saturated rings. The SMILES string of the molecule is CCN(CC)C(=O)n1cc(F)c(S(=O)(=O)c2cccc(F)c2F)n1. The Morgan fingerprint density at radius 2 is 1.79 bits per heavy atom. The molecule has 0 saturated heterocycles. The van der Waals surface area contributed by atoms with Crippen molar-refractivity contribution in [2.24, 2.45) is 0 Å². The Morgan fingerprint density at radius 3 is 2.38 bits per heavy atom. The number of sulfone groups is 1. The molecule has 1 amide bonds. The molecule has 1 heterocycles. The van der Waals surface area contributed by atoms with Crippen LogP contribution in [0.2, 0.25) is 0 Å². The van der Waals surface area contributed by atoms with Gasteiger partial charge < -0.3 is 4.90 Å². The van der Waals surface area contributed by atoms with Gasteiger partial charge in [-0.05, 0) is 26.0 Å². The third-order valence-electron chi connectivity index (χ3n) is 3.33. The molecule has 130 valence electrons. The Kier molecular flexibility index (Phi) is 4.97. The molecule has 0 radical (unpaired) electrons. The minimum Gasteiger partial charge on any atom is -0.323 e. The van der Waals surface area contributed by atoms with Crippen LogP contribution in [0.4, 0.5) is 18.0 Å². The van der Waals surface area contributed by atoms with E-state index in [1.807, 2.05) is 0 Å². The average molecular weight is 361 g/mol. The van der Waals surface area contributed by atoms with Crippen LogP contribution in [0.25, 0.3) is 0 Å². The Morgan fingerprint density at radius 1 is 1.17 bits per heavy atom. The van der Waals surface area contributed by atoms with Crippen LogP contribution in [0.5, 0.6) is 0 Å². The molecule has 0 aliphatic carbocycles. The number of carbonyl (C=O) groups is 1. The van der Waals surface area contributed by atoms with Crippen LogP contribution in [0.1, 0.15) is 13.8 Å². The molecule has 0 aliphatic heterocycles. The number of amides is 1. The molecular formula is C14H14F3N3O3S. The van der Waals surface area contributed by atoms with Gasteiger partial charge in [0.2, 0.25) is 14.9 Å². The van der Waals surface area contributed by atoms with Crippen LogP contribution in [-0.2, 0) is 9.84 Å². The van der Waals surface area contributed by atoms with Crippen LogP contribution in [0, 0.1) is 17.5 Å². The maximum absolute atomic E-state index is 14.0. The minimum atomic E-state index is -4.77. The predicted molar refractivity (Wildman–Crippen MR) is 77.7 cm³/mol. The highest BCUT2D eigenvalue weighted by Gasteiger charge is 2.31. The van der Waals surface area contributed by atoms with Crippen molar-refractivity contribution in [3.63, 3.8) is 0 Å². The van der Waals surface area contributed by atoms with Crippen molar-refractivity contribution >= 4 is 15.9 Å². The maximum Gasteiger partial charge on any atom is 0.344 e. The van der Waals surface area contributed by atoms with Crippen LogP contribution in [0.3, 0.4) is 0 Å².